The van der Waals surface area contributed by atoms with Crippen LogP contribution < -0.4 is 19.5 Å². The minimum Gasteiger partial charge on any atom is -0.490 e. The highest BCUT2D eigenvalue weighted by Crippen LogP contribution is 2.39. The first-order valence-corrected chi connectivity index (χ1v) is 15.9. The first-order valence-electron chi connectivity index (χ1n) is 14.3. The number of hydrogen-bond donors (Lipinski definition) is 1. The Morgan fingerprint density at radius 1 is 0.889 bits per heavy atom. The average Bonchev–Trinajstić information content (AvgIpc) is 3.04. The summed E-state index contributed by atoms with van der Waals surface area (Å²) in [5.74, 6) is 1.19. The summed E-state index contributed by atoms with van der Waals surface area (Å²) < 4.78 is 19.7. The predicted molar refractivity (Wildman–Crippen MR) is 185 cm³/mol. The second-order valence-corrected chi connectivity index (χ2v) is 12.0. The van der Waals surface area contributed by atoms with Gasteiger partial charge in [0.1, 0.15) is 30.6 Å². The van der Waals surface area contributed by atoms with Gasteiger partial charge in [0.05, 0.1) is 11.1 Å². The van der Waals surface area contributed by atoms with E-state index in [0.29, 0.717) is 52.8 Å². The summed E-state index contributed by atoms with van der Waals surface area (Å²) in [5, 5.41) is 14.9. The zero-order valence-electron chi connectivity index (χ0n) is 24.8. The minimum atomic E-state index is -0.526. The molecule has 0 fully saturated rings. The van der Waals surface area contributed by atoms with Crippen molar-refractivity contribution >= 4 is 60.3 Å². The smallest absolute Gasteiger partial charge is 0.266 e. The first kappa shape index (κ1) is 31.8. The van der Waals surface area contributed by atoms with E-state index >= 15 is 0 Å². The number of hydrogen-bond acceptors (Lipinski definition) is 5. The van der Waals surface area contributed by atoms with Crippen molar-refractivity contribution < 1.29 is 19.0 Å². The number of ether oxygens (including phenoxy) is 3. The van der Waals surface area contributed by atoms with Gasteiger partial charge in [0.2, 0.25) is 0 Å². The van der Waals surface area contributed by atoms with Gasteiger partial charge in [-0.1, -0.05) is 64.5 Å². The van der Waals surface area contributed by atoms with E-state index in [9.17, 15) is 10.1 Å². The van der Waals surface area contributed by atoms with Gasteiger partial charge in [0, 0.05) is 15.7 Å². The third kappa shape index (κ3) is 8.13. The summed E-state index contributed by atoms with van der Waals surface area (Å²) >= 11 is 7.05. The Labute approximate surface area is 279 Å². The van der Waals surface area contributed by atoms with Crippen LogP contribution in [0.25, 0.3) is 16.8 Å². The molecule has 1 amide bonds. The molecule has 0 aliphatic rings. The fraction of sp³-hybridized carbons (Fsp3) is 0.135. The molecule has 5 aromatic rings. The number of fused-ring (bicyclic) bond motifs is 1. The fourth-order valence-electron chi connectivity index (χ4n) is 4.75. The second-order valence-electron chi connectivity index (χ2n) is 10.2. The van der Waals surface area contributed by atoms with Crippen molar-refractivity contribution in [1.29, 1.82) is 5.26 Å². The molecule has 0 atom stereocenters. The number of benzene rings is 5. The zero-order chi connectivity index (χ0) is 31.8. The number of nitrogens with one attached hydrogen (secondary N) is 1. The van der Waals surface area contributed by atoms with Crippen LogP contribution in [-0.4, -0.2) is 12.5 Å². The molecule has 1 N–H and O–H groups in total. The largest absolute Gasteiger partial charge is 0.490 e. The molecule has 226 valence electrons. The van der Waals surface area contributed by atoms with Crippen LogP contribution in [0.1, 0.15) is 29.2 Å². The van der Waals surface area contributed by atoms with Crippen molar-refractivity contribution in [2.75, 3.05) is 11.9 Å². The molecule has 0 aromatic heterocycles. The highest BCUT2D eigenvalue weighted by Gasteiger charge is 2.16. The first-order chi connectivity index (χ1) is 21.8. The van der Waals surface area contributed by atoms with E-state index in [1.807, 2.05) is 49.4 Å². The molecule has 5 aromatic carbocycles. The molecule has 0 radical (unpaired) electrons. The van der Waals surface area contributed by atoms with Crippen LogP contribution in [0.15, 0.2) is 112 Å². The highest BCUT2D eigenvalue weighted by molar-refractivity contribution is 9.10. The zero-order valence-corrected chi connectivity index (χ0v) is 27.9. The van der Waals surface area contributed by atoms with Gasteiger partial charge >= 0.3 is 0 Å². The van der Waals surface area contributed by atoms with Gasteiger partial charge in [-0.15, -0.1) is 0 Å². The number of nitrogens with zero attached hydrogens (tertiary/aromatic N) is 1. The lowest BCUT2D eigenvalue weighted by atomic mass is 10.0. The van der Waals surface area contributed by atoms with Crippen LogP contribution >= 0.6 is 31.9 Å². The number of aryl methyl sites for hydroxylation is 1. The molecule has 0 aliphatic carbocycles. The third-order valence-corrected chi connectivity index (χ3v) is 8.19. The lowest BCUT2D eigenvalue weighted by Crippen LogP contribution is -2.13. The van der Waals surface area contributed by atoms with Gasteiger partial charge < -0.3 is 19.5 Å². The Bertz CT molecular complexity index is 1900. The Morgan fingerprint density at radius 2 is 1.64 bits per heavy atom. The molecule has 0 saturated carbocycles. The number of halogens is 2. The van der Waals surface area contributed by atoms with E-state index in [4.69, 9.17) is 14.2 Å². The quantitative estimate of drug-likeness (QED) is 0.108. The molecule has 0 spiro atoms. The molecule has 8 heteroatoms. The monoisotopic (exact) mass is 724 g/mol. The maximum absolute atomic E-state index is 13.0. The van der Waals surface area contributed by atoms with Crippen molar-refractivity contribution in [2.45, 2.75) is 27.1 Å². The molecule has 45 heavy (non-hydrogen) atoms. The molecular formula is C37H30Br2N2O4. The molecule has 0 aliphatic heterocycles. The number of rotatable bonds is 11. The van der Waals surface area contributed by atoms with Gasteiger partial charge in [-0.05, 0) is 112 Å². The van der Waals surface area contributed by atoms with Crippen molar-refractivity contribution in [1.82, 2.24) is 0 Å². The second kappa shape index (κ2) is 14.9. The third-order valence-electron chi connectivity index (χ3n) is 7.07. The molecule has 0 heterocycles. The average molecular weight is 726 g/mol. The molecule has 0 saturated heterocycles. The number of nitriles is 1. The molecule has 6 nitrogen and oxygen atoms in total. The maximum atomic E-state index is 13.0. The van der Waals surface area contributed by atoms with Crippen LogP contribution in [0.4, 0.5) is 5.69 Å². The Morgan fingerprint density at radius 3 is 2.38 bits per heavy atom. The summed E-state index contributed by atoms with van der Waals surface area (Å²) in [6.07, 6.45) is 1.52. The predicted octanol–water partition coefficient (Wildman–Crippen LogP) is 9.78. The number of amides is 1. The van der Waals surface area contributed by atoms with Crippen LogP contribution in [0, 0.1) is 18.3 Å². The van der Waals surface area contributed by atoms with Crippen molar-refractivity contribution in [3.8, 4) is 23.3 Å². The summed E-state index contributed by atoms with van der Waals surface area (Å²) in [6, 6.07) is 32.9. The van der Waals surface area contributed by atoms with Crippen LogP contribution in [0.3, 0.4) is 0 Å². The minimum absolute atomic E-state index is 0.0556. The highest BCUT2D eigenvalue weighted by atomic mass is 79.9. The SMILES string of the molecule is CCOc1cc(/C=C(\C#N)C(=O)Nc2ccc(OCc3ccc(Br)cc3)cc2)cc(Br)c1OCc1c(C)ccc2ccccc12. The van der Waals surface area contributed by atoms with E-state index < -0.39 is 5.91 Å². The van der Waals surface area contributed by atoms with Crippen molar-refractivity contribution in [3.05, 3.63) is 134 Å². The lowest BCUT2D eigenvalue weighted by Gasteiger charge is -2.17. The Hall–Kier alpha value is -4.58. The van der Waals surface area contributed by atoms with Gasteiger partial charge in [-0.25, -0.2) is 0 Å². The van der Waals surface area contributed by atoms with Gasteiger partial charge in [0.25, 0.3) is 5.91 Å². The van der Waals surface area contributed by atoms with Gasteiger partial charge in [-0.2, -0.15) is 5.26 Å². The normalized spacial score (nSPS) is 11.1. The van der Waals surface area contributed by atoms with E-state index in [1.54, 1.807) is 36.4 Å². The van der Waals surface area contributed by atoms with E-state index in [2.05, 4.69) is 68.4 Å². The Balaban J connectivity index is 1.29. The summed E-state index contributed by atoms with van der Waals surface area (Å²) in [5.41, 5.74) is 4.37. The molecule has 0 bridgehead atoms. The van der Waals surface area contributed by atoms with Gasteiger partial charge in [-0.3, -0.25) is 4.79 Å². The number of carbonyl (C=O) groups excluding carboxylic acids is 1. The lowest BCUT2D eigenvalue weighted by molar-refractivity contribution is -0.112. The van der Waals surface area contributed by atoms with E-state index in [1.165, 1.54) is 6.08 Å². The Kier molecular flexibility index (Phi) is 10.6. The van der Waals surface area contributed by atoms with E-state index in [-0.39, 0.29) is 5.57 Å². The summed E-state index contributed by atoms with van der Waals surface area (Å²) in [6.45, 7) is 5.14. The standard InChI is InChI=1S/C37H30Br2N2O4/c1-3-43-35-20-26(19-34(39)36(35)45-23-33-24(2)8-11-27-6-4-5-7-32(27)33)18-28(21-40)37(42)41-30-14-16-31(17-15-30)44-22-25-9-12-29(38)13-10-25/h4-20H,3,22-23H2,1-2H3,(H,41,42)/b28-18+. The summed E-state index contributed by atoms with van der Waals surface area (Å²) in [7, 11) is 0. The maximum Gasteiger partial charge on any atom is 0.266 e. The van der Waals surface area contributed by atoms with Gasteiger partial charge in [0.15, 0.2) is 11.5 Å². The fourth-order valence-corrected chi connectivity index (χ4v) is 5.59. The summed E-state index contributed by atoms with van der Waals surface area (Å²) in [4.78, 5) is 13.0. The molecule has 0 unspecified atom stereocenters. The van der Waals surface area contributed by atoms with Crippen molar-refractivity contribution in [2.24, 2.45) is 0 Å². The van der Waals surface area contributed by atoms with Crippen LogP contribution in [0.2, 0.25) is 0 Å². The van der Waals surface area contributed by atoms with E-state index in [0.717, 1.165) is 31.9 Å². The molecular weight excluding hydrogens is 696 g/mol. The van der Waals surface area contributed by atoms with Crippen LogP contribution in [-0.2, 0) is 18.0 Å². The van der Waals surface area contributed by atoms with Crippen LogP contribution in [0.5, 0.6) is 17.2 Å². The number of anilines is 1. The number of carbonyl (C=O) groups is 1. The topological polar surface area (TPSA) is 80.6 Å². The van der Waals surface area contributed by atoms with Crippen molar-refractivity contribution in [3.63, 3.8) is 0 Å². The molecule has 5 rings (SSSR count).